The van der Waals surface area contributed by atoms with Crippen molar-refractivity contribution in [1.82, 2.24) is 9.97 Å². The molecule has 5 nitrogen and oxygen atoms in total. The molecule has 1 aromatic heterocycles. The summed E-state index contributed by atoms with van der Waals surface area (Å²) in [5, 5.41) is 10.0. The summed E-state index contributed by atoms with van der Waals surface area (Å²) in [6.45, 7) is 5.94. The second kappa shape index (κ2) is 7.66. The molecule has 0 aliphatic rings. The van der Waals surface area contributed by atoms with Crippen molar-refractivity contribution in [2.75, 3.05) is 5.75 Å². The van der Waals surface area contributed by atoms with Crippen LogP contribution in [0.25, 0.3) is 0 Å². The van der Waals surface area contributed by atoms with E-state index in [1.807, 2.05) is 0 Å². The summed E-state index contributed by atoms with van der Waals surface area (Å²) in [7, 11) is 0. The fourth-order valence-electron chi connectivity index (χ4n) is 2.36. The monoisotopic (exact) mass is 333 g/mol. The van der Waals surface area contributed by atoms with Gasteiger partial charge in [-0.15, -0.1) is 11.8 Å². The smallest absolute Gasteiger partial charge is 0.266 e. The number of rotatable bonds is 7. The number of aryl methyl sites for hydroxylation is 2. The minimum atomic E-state index is -0.553. The molecular weight excluding hydrogens is 310 g/mol. The average molecular weight is 333 g/mol. The van der Waals surface area contributed by atoms with Crippen LogP contribution in [0, 0.1) is 13.8 Å². The van der Waals surface area contributed by atoms with E-state index in [-0.39, 0.29) is 11.6 Å². The van der Waals surface area contributed by atoms with Gasteiger partial charge in [0.25, 0.3) is 5.91 Å². The van der Waals surface area contributed by atoms with Gasteiger partial charge in [-0.1, -0.05) is 6.07 Å². The van der Waals surface area contributed by atoms with Crippen LogP contribution in [0.3, 0.4) is 0 Å². The lowest BCUT2D eigenvalue weighted by Gasteiger charge is -2.17. The second-order valence-corrected chi connectivity index (χ2v) is 6.94. The number of hydrogen-bond donors (Lipinski definition) is 3. The van der Waals surface area contributed by atoms with Crippen molar-refractivity contribution in [2.45, 2.75) is 44.1 Å². The zero-order chi connectivity index (χ0) is 17.0. The Morgan fingerprint density at radius 2 is 2.13 bits per heavy atom. The molecule has 2 aromatic rings. The Labute approximate surface area is 140 Å². The van der Waals surface area contributed by atoms with E-state index in [0.717, 1.165) is 12.2 Å². The van der Waals surface area contributed by atoms with Crippen LogP contribution in [0.4, 0.5) is 0 Å². The summed E-state index contributed by atoms with van der Waals surface area (Å²) < 4.78 is 0. The number of aromatic amines is 1. The second-order valence-electron chi connectivity index (χ2n) is 5.78. The van der Waals surface area contributed by atoms with Crippen molar-refractivity contribution in [3.63, 3.8) is 0 Å². The number of carbonyl (C=O) groups is 1. The first-order valence-electron chi connectivity index (χ1n) is 7.61. The number of imidazole rings is 1. The number of aromatic nitrogens is 2. The molecule has 6 heteroatoms. The number of nitrogens with one attached hydrogen (secondary N) is 1. The third-order valence-electron chi connectivity index (χ3n) is 3.97. The van der Waals surface area contributed by atoms with E-state index in [1.54, 1.807) is 18.7 Å². The van der Waals surface area contributed by atoms with Gasteiger partial charge in [-0.25, -0.2) is 4.98 Å². The van der Waals surface area contributed by atoms with Crippen molar-refractivity contribution >= 4 is 17.7 Å². The van der Waals surface area contributed by atoms with Crippen LogP contribution >= 0.6 is 11.8 Å². The van der Waals surface area contributed by atoms with E-state index >= 15 is 0 Å². The maximum Gasteiger partial charge on any atom is 0.266 e. The fourth-order valence-corrected chi connectivity index (χ4v) is 3.40. The first-order chi connectivity index (χ1) is 10.9. The van der Waals surface area contributed by atoms with Gasteiger partial charge in [0.05, 0.1) is 12.3 Å². The Kier molecular flexibility index (Phi) is 5.85. The van der Waals surface area contributed by atoms with Crippen LogP contribution in [0.5, 0.6) is 0 Å². The van der Waals surface area contributed by atoms with Crippen molar-refractivity contribution in [1.29, 1.82) is 0 Å². The summed E-state index contributed by atoms with van der Waals surface area (Å²) >= 11 is 1.75. The molecule has 0 aliphatic carbocycles. The topological polar surface area (TPSA) is 92.0 Å². The molecule has 0 radical (unpaired) electrons. The summed E-state index contributed by atoms with van der Waals surface area (Å²) in [5.74, 6) is 0.763. The lowest BCUT2D eigenvalue weighted by Crippen LogP contribution is -2.18. The Morgan fingerprint density at radius 3 is 2.70 bits per heavy atom. The molecular formula is C17H23N3O2S. The predicted molar refractivity (Wildman–Crippen MR) is 92.8 cm³/mol. The quantitative estimate of drug-likeness (QED) is 0.679. The van der Waals surface area contributed by atoms with Crippen molar-refractivity contribution < 1.29 is 9.90 Å². The molecule has 4 N–H and O–H groups in total. The molecule has 124 valence electrons. The van der Waals surface area contributed by atoms with E-state index in [2.05, 4.69) is 42.0 Å². The van der Waals surface area contributed by atoms with Crippen LogP contribution in [0.1, 0.15) is 46.7 Å². The van der Waals surface area contributed by atoms with Crippen LogP contribution < -0.4 is 5.73 Å². The van der Waals surface area contributed by atoms with E-state index in [4.69, 9.17) is 5.73 Å². The molecule has 1 aromatic carbocycles. The highest BCUT2D eigenvalue weighted by Crippen LogP contribution is 2.27. The van der Waals surface area contributed by atoms with Gasteiger partial charge in [0.1, 0.15) is 11.5 Å². The molecule has 0 aliphatic heterocycles. The largest absolute Gasteiger partial charge is 0.393 e. The van der Waals surface area contributed by atoms with Crippen molar-refractivity contribution in [2.24, 2.45) is 5.73 Å². The number of nitrogens with two attached hydrogens (primary N) is 1. The number of carbonyl (C=O) groups excluding carboxylic acids is 1. The minimum Gasteiger partial charge on any atom is -0.393 e. The Hall–Kier alpha value is -1.79. The van der Waals surface area contributed by atoms with Crippen LogP contribution in [0.15, 0.2) is 29.3 Å². The standard InChI is InChI=1S/C17H23N3O2S/c1-10-4-5-13(8-11(10)2)23-7-6-14(12(3)21)17-19-9-15(20-17)16(18)22/h4-5,8-9,12,14,21H,6-7H2,1-3H3,(H2,18,22)(H,19,20)/t12-,14-/m0/s1. The van der Waals surface area contributed by atoms with E-state index < -0.39 is 12.0 Å². The van der Waals surface area contributed by atoms with Crippen LogP contribution in [-0.2, 0) is 0 Å². The number of thioether (sulfide) groups is 1. The highest BCUT2D eigenvalue weighted by molar-refractivity contribution is 7.99. The van der Waals surface area contributed by atoms with Gasteiger partial charge in [-0.2, -0.15) is 0 Å². The number of H-pyrrole nitrogens is 1. The maximum absolute atomic E-state index is 11.1. The third kappa shape index (κ3) is 4.59. The Balaban J connectivity index is 1.99. The van der Waals surface area contributed by atoms with Gasteiger partial charge >= 0.3 is 0 Å². The molecule has 0 fully saturated rings. The number of primary amides is 1. The highest BCUT2D eigenvalue weighted by atomic mass is 32.2. The van der Waals surface area contributed by atoms with Crippen LogP contribution in [0.2, 0.25) is 0 Å². The van der Waals surface area contributed by atoms with E-state index in [0.29, 0.717) is 5.82 Å². The summed E-state index contributed by atoms with van der Waals surface area (Å²) in [5.41, 5.74) is 8.06. The lowest BCUT2D eigenvalue weighted by molar-refractivity contribution is 0.0995. The molecule has 0 spiro atoms. The molecule has 2 rings (SSSR count). The Bertz CT molecular complexity index is 682. The average Bonchev–Trinajstić information content (AvgIpc) is 2.96. The molecule has 2 atom stereocenters. The van der Waals surface area contributed by atoms with Gasteiger partial charge in [0.2, 0.25) is 0 Å². The number of benzene rings is 1. The van der Waals surface area contributed by atoms with Gasteiger partial charge in [0, 0.05) is 10.8 Å². The molecule has 1 heterocycles. The normalized spacial score (nSPS) is 13.7. The molecule has 23 heavy (non-hydrogen) atoms. The first kappa shape index (κ1) is 17.6. The lowest BCUT2D eigenvalue weighted by atomic mass is 10.0. The van der Waals surface area contributed by atoms with Crippen LogP contribution in [-0.4, -0.2) is 32.8 Å². The van der Waals surface area contributed by atoms with Gasteiger partial charge in [-0.3, -0.25) is 4.79 Å². The van der Waals surface area contributed by atoms with Crippen molar-refractivity contribution in [3.8, 4) is 0 Å². The highest BCUT2D eigenvalue weighted by Gasteiger charge is 2.21. The van der Waals surface area contributed by atoms with Crippen molar-refractivity contribution in [3.05, 3.63) is 47.0 Å². The van der Waals surface area contributed by atoms with E-state index in [9.17, 15) is 9.90 Å². The van der Waals surface area contributed by atoms with Gasteiger partial charge < -0.3 is 15.8 Å². The third-order valence-corrected chi connectivity index (χ3v) is 5.00. The first-order valence-corrected chi connectivity index (χ1v) is 8.60. The summed E-state index contributed by atoms with van der Waals surface area (Å²) in [4.78, 5) is 19.5. The number of hydrogen-bond acceptors (Lipinski definition) is 4. The SMILES string of the molecule is Cc1ccc(SCC[C@H](c2ncc(C(N)=O)[nH]2)[C@H](C)O)cc1C. The van der Waals surface area contributed by atoms with E-state index in [1.165, 1.54) is 22.2 Å². The number of aliphatic hydroxyl groups excluding tert-OH is 1. The molecule has 0 bridgehead atoms. The Morgan fingerprint density at radius 1 is 1.39 bits per heavy atom. The van der Waals surface area contributed by atoms with Gasteiger partial charge in [-0.05, 0) is 56.2 Å². The number of aliphatic hydroxyl groups is 1. The molecule has 1 amide bonds. The molecule has 0 saturated carbocycles. The fraction of sp³-hybridized carbons (Fsp3) is 0.412. The maximum atomic E-state index is 11.1. The zero-order valence-electron chi connectivity index (χ0n) is 13.7. The number of amides is 1. The number of nitrogens with zero attached hydrogens (tertiary/aromatic N) is 1. The molecule has 0 unspecified atom stereocenters. The predicted octanol–water partition coefficient (Wildman–Crippen LogP) is 2.77. The van der Waals surface area contributed by atoms with Gasteiger partial charge in [0.15, 0.2) is 0 Å². The summed E-state index contributed by atoms with van der Waals surface area (Å²) in [6, 6.07) is 6.41. The summed E-state index contributed by atoms with van der Waals surface area (Å²) in [6.07, 6.45) is 1.62. The molecule has 0 saturated heterocycles. The zero-order valence-corrected chi connectivity index (χ0v) is 14.5. The minimum absolute atomic E-state index is 0.151.